The summed E-state index contributed by atoms with van der Waals surface area (Å²) in [6, 6.07) is 4.09. The fourth-order valence-corrected chi connectivity index (χ4v) is 3.50. The SMILES string of the molecule is Cc1cc(C(=O)N2C3CCC2C(C(=O)O)C3)ccc1F. The first-order valence-electron chi connectivity index (χ1n) is 6.80. The van der Waals surface area contributed by atoms with E-state index in [0.717, 1.165) is 12.8 Å². The second-order valence-electron chi connectivity index (χ2n) is 5.66. The van der Waals surface area contributed by atoms with Crippen LogP contribution >= 0.6 is 0 Å². The van der Waals surface area contributed by atoms with Crippen molar-refractivity contribution in [1.82, 2.24) is 4.90 Å². The normalized spacial score (nSPS) is 27.9. The fourth-order valence-electron chi connectivity index (χ4n) is 3.50. The van der Waals surface area contributed by atoms with Gasteiger partial charge < -0.3 is 10.0 Å². The molecule has 0 aliphatic carbocycles. The van der Waals surface area contributed by atoms with Gasteiger partial charge in [0.15, 0.2) is 0 Å². The zero-order valence-corrected chi connectivity index (χ0v) is 11.2. The smallest absolute Gasteiger partial charge is 0.308 e. The number of fused-ring (bicyclic) bond motifs is 2. The summed E-state index contributed by atoms with van der Waals surface area (Å²) in [5.41, 5.74) is 0.865. The molecule has 0 spiro atoms. The highest BCUT2D eigenvalue weighted by atomic mass is 19.1. The van der Waals surface area contributed by atoms with Crippen LogP contribution in [0, 0.1) is 18.7 Å². The van der Waals surface area contributed by atoms with Crippen LogP contribution in [0.2, 0.25) is 0 Å². The molecule has 3 atom stereocenters. The van der Waals surface area contributed by atoms with Gasteiger partial charge in [-0.25, -0.2) is 4.39 Å². The molecule has 1 aromatic rings. The molecule has 4 nitrogen and oxygen atoms in total. The number of carboxylic acids is 1. The van der Waals surface area contributed by atoms with E-state index >= 15 is 0 Å². The molecule has 20 heavy (non-hydrogen) atoms. The van der Waals surface area contributed by atoms with E-state index in [-0.39, 0.29) is 23.8 Å². The van der Waals surface area contributed by atoms with Gasteiger partial charge in [0.05, 0.1) is 5.92 Å². The Morgan fingerprint density at radius 1 is 1.35 bits per heavy atom. The van der Waals surface area contributed by atoms with E-state index in [0.29, 0.717) is 17.5 Å². The Labute approximate surface area is 116 Å². The maximum Gasteiger partial charge on any atom is 0.308 e. The van der Waals surface area contributed by atoms with Crippen molar-refractivity contribution < 1.29 is 19.1 Å². The van der Waals surface area contributed by atoms with E-state index in [9.17, 15) is 19.1 Å². The van der Waals surface area contributed by atoms with Crippen molar-refractivity contribution in [2.75, 3.05) is 0 Å². The number of hydrogen-bond acceptors (Lipinski definition) is 2. The second kappa shape index (κ2) is 4.58. The number of aliphatic carboxylic acids is 1. The standard InChI is InChI=1S/C15H16FNO3/c1-8-6-9(2-4-12(8)16)14(18)17-10-3-5-13(17)11(7-10)15(19)20/h2,4,6,10-11,13H,3,5,7H2,1H3,(H,19,20). The Bertz CT molecular complexity index is 586. The van der Waals surface area contributed by atoms with E-state index in [1.54, 1.807) is 11.8 Å². The average molecular weight is 277 g/mol. The zero-order valence-electron chi connectivity index (χ0n) is 11.2. The number of aryl methyl sites for hydroxylation is 1. The summed E-state index contributed by atoms with van der Waals surface area (Å²) in [5, 5.41) is 9.20. The minimum atomic E-state index is -0.828. The highest BCUT2D eigenvalue weighted by molar-refractivity contribution is 5.95. The Hall–Kier alpha value is -1.91. The summed E-state index contributed by atoms with van der Waals surface area (Å²) in [4.78, 5) is 25.5. The van der Waals surface area contributed by atoms with Crippen LogP contribution in [0.3, 0.4) is 0 Å². The summed E-state index contributed by atoms with van der Waals surface area (Å²) in [6.07, 6.45) is 2.14. The second-order valence-corrected chi connectivity index (χ2v) is 5.66. The van der Waals surface area contributed by atoms with Crippen LogP contribution in [0.25, 0.3) is 0 Å². The Morgan fingerprint density at radius 2 is 2.10 bits per heavy atom. The summed E-state index contributed by atoms with van der Waals surface area (Å²) in [7, 11) is 0. The van der Waals surface area contributed by atoms with Crippen LogP contribution in [0.15, 0.2) is 18.2 Å². The zero-order chi connectivity index (χ0) is 14.4. The van der Waals surface area contributed by atoms with Crippen LogP contribution in [0.4, 0.5) is 4.39 Å². The van der Waals surface area contributed by atoms with Gasteiger partial charge in [0.25, 0.3) is 5.91 Å². The third-order valence-corrected chi connectivity index (χ3v) is 4.49. The minimum absolute atomic E-state index is 0.0129. The van der Waals surface area contributed by atoms with Crippen molar-refractivity contribution in [3.63, 3.8) is 0 Å². The number of halogens is 1. The topological polar surface area (TPSA) is 57.6 Å². The van der Waals surface area contributed by atoms with Gasteiger partial charge in [-0.15, -0.1) is 0 Å². The van der Waals surface area contributed by atoms with Crippen LogP contribution in [0.5, 0.6) is 0 Å². The van der Waals surface area contributed by atoms with Gasteiger partial charge in [-0.2, -0.15) is 0 Å². The van der Waals surface area contributed by atoms with Crippen LogP contribution in [0.1, 0.15) is 35.2 Å². The van der Waals surface area contributed by atoms with E-state index < -0.39 is 11.9 Å². The number of nitrogens with zero attached hydrogens (tertiary/aromatic N) is 1. The number of hydrogen-bond donors (Lipinski definition) is 1. The van der Waals surface area contributed by atoms with Crippen molar-refractivity contribution >= 4 is 11.9 Å². The van der Waals surface area contributed by atoms with Gasteiger partial charge in [-0.1, -0.05) is 0 Å². The van der Waals surface area contributed by atoms with E-state index in [1.807, 2.05) is 0 Å². The van der Waals surface area contributed by atoms with E-state index in [2.05, 4.69) is 0 Å². The molecule has 0 radical (unpaired) electrons. The molecule has 2 bridgehead atoms. The molecule has 3 rings (SSSR count). The predicted molar refractivity (Wildman–Crippen MR) is 69.9 cm³/mol. The maximum atomic E-state index is 13.3. The van der Waals surface area contributed by atoms with Gasteiger partial charge in [0.2, 0.25) is 0 Å². The van der Waals surface area contributed by atoms with Gasteiger partial charge in [0, 0.05) is 17.6 Å². The highest BCUT2D eigenvalue weighted by Crippen LogP contribution is 2.42. The maximum absolute atomic E-state index is 13.3. The third kappa shape index (κ3) is 1.88. The monoisotopic (exact) mass is 277 g/mol. The first-order chi connectivity index (χ1) is 9.49. The van der Waals surface area contributed by atoms with Crippen molar-refractivity contribution in [1.29, 1.82) is 0 Å². The molecule has 1 aromatic carbocycles. The molecule has 3 unspecified atom stereocenters. The summed E-state index contributed by atoms with van der Waals surface area (Å²) >= 11 is 0. The number of rotatable bonds is 2. The van der Waals surface area contributed by atoms with E-state index in [1.165, 1.54) is 18.2 Å². The molecule has 2 saturated heterocycles. The Kier molecular flexibility index (Phi) is 3.00. The van der Waals surface area contributed by atoms with Crippen LogP contribution < -0.4 is 0 Å². The number of benzene rings is 1. The van der Waals surface area contributed by atoms with E-state index in [4.69, 9.17) is 0 Å². The molecule has 2 aliphatic heterocycles. The molecule has 2 heterocycles. The van der Waals surface area contributed by atoms with Gasteiger partial charge in [-0.3, -0.25) is 9.59 Å². The largest absolute Gasteiger partial charge is 0.481 e. The van der Waals surface area contributed by atoms with Crippen molar-refractivity contribution in [3.8, 4) is 0 Å². The Morgan fingerprint density at radius 3 is 2.70 bits per heavy atom. The highest BCUT2D eigenvalue weighted by Gasteiger charge is 2.51. The molecule has 1 amide bonds. The Balaban J connectivity index is 1.88. The van der Waals surface area contributed by atoms with Crippen molar-refractivity contribution in [3.05, 3.63) is 35.1 Å². The first-order valence-corrected chi connectivity index (χ1v) is 6.80. The molecule has 1 N–H and O–H groups in total. The first kappa shape index (κ1) is 13.1. The lowest BCUT2D eigenvalue weighted by atomic mass is 9.89. The minimum Gasteiger partial charge on any atom is -0.481 e. The lowest BCUT2D eigenvalue weighted by molar-refractivity contribution is -0.142. The average Bonchev–Trinajstić information content (AvgIpc) is 2.98. The number of carbonyl (C=O) groups excluding carboxylic acids is 1. The third-order valence-electron chi connectivity index (χ3n) is 4.49. The molecule has 5 heteroatoms. The molecule has 106 valence electrons. The molecule has 2 aliphatic rings. The van der Waals surface area contributed by atoms with Crippen LogP contribution in [-0.2, 0) is 4.79 Å². The molecular weight excluding hydrogens is 261 g/mol. The summed E-state index contributed by atoms with van der Waals surface area (Å²) < 4.78 is 13.3. The summed E-state index contributed by atoms with van der Waals surface area (Å²) in [5.74, 6) is -1.80. The predicted octanol–water partition coefficient (Wildman–Crippen LogP) is 2.21. The summed E-state index contributed by atoms with van der Waals surface area (Å²) in [6.45, 7) is 1.62. The van der Waals surface area contributed by atoms with Gasteiger partial charge in [0.1, 0.15) is 5.82 Å². The fraction of sp³-hybridized carbons (Fsp3) is 0.467. The lowest BCUT2D eigenvalue weighted by Gasteiger charge is -2.23. The van der Waals surface area contributed by atoms with Gasteiger partial charge in [-0.05, 0) is 49.9 Å². The van der Waals surface area contributed by atoms with Crippen molar-refractivity contribution in [2.45, 2.75) is 38.3 Å². The molecular formula is C15H16FNO3. The molecule has 2 fully saturated rings. The molecule has 0 aromatic heterocycles. The van der Waals surface area contributed by atoms with Crippen molar-refractivity contribution in [2.24, 2.45) is 5.92 Å². The van der Waals surface area contributed by atoms with Gasteiger partial charge >= 0.3 is 5.97 Å². The van der Waals surface area contributed by atoms with Crippen LogP contribution in [-0.4, -0.2) is 34.0 Å². The number of carboxylic acid groups (broad SMARTS) is 1. The molecule has 0 saturated carbocycles. The number of amides is 1. The quantitative estimate of drug-likeness (QED) is 0.901. The lowest BCUT2D eigenvalue weighted by Crippen LogP contribution is -2.37. The number of carbonyl (C=O) groups is 2.